The summed E-state index contributed by atoms with van der Waals surface area (Å²) in [6, 6.07) is 5.85. The van der Waals surface area contributed by atoms with Crippen LogP contribution >= 0.6 is 0 Å². The number of ether oxygens (including phenoxy) is 1. The highest BCUT2D eigenvalue weighted by Gasteiger charge is 2.46. The normalized spacial score (nSPS) is 20.2. The van der Waals surface area contributed by atoms with Crippen molar-refractivity contribution >= 4 is 23.5 Å². The van der Waals surface area contributed by atoms with Gasteiger partial charge in [0, 0.05) is 36.3 Å². The Morgan fingerprint density at radius 2 is 2.21 bits per heavy atom. The number of hydrogen-bond donors (Lipinski definition) is 0. The number of carbonyl (C=O) groups is 3. The molecule has 1 aromatic heterocycles. The van der Waals surface area contributed by atoms with Crippen LogP contribution < -0.4 is 4.90 Å². The van der Waals surface area contributed by atoms with E-state index >= 15 is 0 Å². The van der Waals surface area contributed by atoms with Gasteiger partial charge in [-0.3, -0.25) is 14.5 Å². The average molecular weight is 395 g/mol. The van der Waals surface area contributed by atoms with Gasteiger partial charge in [0.25, 0.3) is 11.8 Å². The summed E-state index contributed by atoms with van der Waals surface area (Å²) >= 11 is 0. The molecule has 0 saturated carbocycles. The minimum Gasteiger partial charge on any atom is -0.464 e. The summed E-state index contributed by atoms with van der Waals surface area (Å²) < 4.78 is 10.3. The first-order valence-electron chi connectivity index (χ1n) is 9.50. The summed E-state index contributed by atoms with van der Waals surface area (Å²) in [5.74, 6) is -1.16. The van der Waals surface area contributed by atoms with E-state index in [-0.39, 0.29) is 24.2 Å². The van der Waals surface area contributed by atoms with Gasteiger partial charge in [-0.15, -0.1) is 6.58 Å². The number of carbonyl (C=O) groups excluding carboxylic acids is 3. The van der Waals surface area contributed by atoms with Crippen LogP contribution in [0.3, 0.4) is 0 Å². The lowest BCUT2D eigenvalue weighted by Crippen LogP contribution is -2.53. The number of amides is 2. The highest BCUT2D eigenvalue weighted by molar-refractivity contribution is 6.10. The van der Waals surface area contributed by atoms with Crippen LogP contribution in [0, 0.1) is 0 Å². The second kappa shape index (κ2) is 7.54. The van der Waals surface area contributed by atoms with Crippen LogP contribution in [-0.4, -0.2) is 53.6 Å². The number of nitrogens with zero attached hydrogens (tertiary/aromatic N) is 3. The number of hydrogen-bond acceptors (Lipinski definition) is 6. The molecule has 2 aromatic rings. The van der Waals surface area contributed by atoms with Crippen molar-refractivity contribution < 1.29 is 23.6 Å². The van der Waals surface area contributed by atoms with E-state index < -0.39 is 17.9 Å². The van der Waals surface area contributed by atoms with Gasteiger partial charge in [-0.25, -0.2) is 4.79 Å². The lowest BCUT2D eigenvalue weighted by molar-refractivity contribution is -0.145. The molecule has 2 atom stereocenters. The Kier molecular flexibility index (Phi) is 4.92. The summed E-state index contributed by atoms with van der Waals surface area (Å²) in [6.45, 7) is 6.52. The van der Waals surface area contributed by atoms with Gasteiger partial charge >= 0.3 is 5.97 Å². The monoisotopic (exact) mass is 395 g/mol. The van der Waals surface area contributed by atoms with E-state index in [0.29, 0.717) is 30.8 Å². The molecular weight excluding hydrogens is 374 g/mol. The average Bonchev–Trinajstić information content (AvgIpc) is 3.26. The molecule has 0 N–H and O–H groups in total. The summed E-state index contributed by atoms with van der Waals surface area (Å²) in [4.78, 5) is 42.0. The standard InChI is InChI=1S/C21H21N3O5/c1-3-10-23-12-13-11-16(21(27)28-4-2)24(20(26)17-8-9-22-29-17)15-7-5-6-14(18(13)15)19(23)25/h3,5-9,13,16H,1,4,10-12H2,2H3/t13-,16-/m0/s1. The lowest BCUT2D eigenvalue weighted by Gasteiger charge is -2.44. The Morgan fingerprint density at radius 3 is 2.90 bits per heavy atom. The Hall–Kier alpha value is -3.42. The van der Waals surface area contributed by atoms with Crippen molar-refractivity contribution in [3.05, 3.63) is 60.0 Å². The third-order valence-electron chi connectivity index (χ3n) is 5.30. The second-order valence-electron chi connectivity index (χ2n) is 6.99. The van der Waals surface area contributed by atoms with Gasteiger partial charge in [0.1, 0.15) is 6.04 Å². The SMILES string of the molecule is C=CCN1C[C@@H]2C[C@@H](C(=O)OCC)N(C(=O)c3ccno3)c3cccc(c32)C1=O. The zero-order chi connectivity index (χ0) is 20.5. The fourth-order valence-corrected chi connectivity index (χ4v) is 4.17. The van der Waals surface area contributed by atoms with Gasteiger partial charge in [-0.2, -0.15) is 0 Å². The van der Waals surface area contributed by atoms with Gasteiger partial charge in [-0.05, 0) is 31.0 Å². The van der Waals surface area contributed by atoms with Crippen LogP contribution in [0.2, 0.25) is 0 Å². The quantitative estimate of drug-likeness (QED) is 0.570. The number of anilines is 1. The molecule has 8 nitrogen and oxygen atoms in total. The molecule has 0 bridgehead atoms. The maximum Gasteiger partial charge on any atom is 0.329 e. The summed E-state index contributed by atoms with van der Waals surface area (Å²) in [7, 11) is 0. The molecule has 4 rings (SSSR count). The third kappa shape index (κ3) is 3.10. The van der Waals surface area contributed by atoms with Crippen LogP contribution in [0.5, 0.6) is 0 Å². The zero-order valence-corrected chi connectivity index (χ0v) is 16.0. The highest BCUT2D eigenvalue weighted by atomic mass is 16.5. The molecular formula is C21H21N3O5. The van der Waals surface area contributed by atoms with Crippen LogP contribution in [-0.2, 0) is 9.53 Å². The van der Waals surface area contributed by atoms with E-state index in [9.17, 15) is 14.4 Å². The highest BCUT2D eigenvalue weighted by Crippen LogP contribution is 2.44. The minimum atomic E-state index is -0.820. The molecule has 1 aromatic carbocycles. The summed E-state index contributed by atoms with van der Waals surface area (Å²) in [5.41, 5.74) is 1.86. The van der Waals surface area contributed by atoms with Crippen LogP contribution in [0.1, 0.15) is 45.7 Å². The van der Waals surface area contributed by atoms with Crippen molar-refractivity contribution in [1.29, 1.82) is 0 Å². The van der Waals surface area contributed by atoms with Crippen molar-refractivity contribution in [1.82, 2.24) is 10.1 Å². The van der Waals surface area contributed by atoms with Crippen LogP contribution in [0.15, 0.2) is 47.6 Å². The topological polar surface area (TPSA) is 92.9 Å². The maximum atomic E-state index is 13.2. The molecule has 2 amide bonds. The first kappa shape index (κ1) is 18.9. The number of aromatic nitrogens is 1. The van der Waals surface area contributed by atoms with E-state index in [0.717, 1.165) is 5.56 Å². The van der Waals surface area contributed by atoms with Crippen molar-refractivity contribution in [2.75, 3.05) is 24.6 Å². The van der Waals surface area contributed by atoms with Gasteiger partial charge in [0.2, 0.25) is 5.76 Å². The van der Waals surface area contributed by atoms with Gasteiger partial charge < -0.3 is 14.2 Å². The zero-order valence-electron chi connectivity index (χ0n) is 16.0. The number of esters is 1. The van der Waals surface area contributed by atoms with E-state index in [1.807, 2.05) is 0 Å². The van der Waals surface area contributed by atoms with E-state index in [1.165, 1.54) is 17.2 Å². The number of rotatable bonds is 5. The Balaban J connectivity index is 1.85. The molecule has 3 heterocycles. The molecule has 0 saturated heterocycles. The van der Waals surface area contributed by atoms with E-state index in [2.05, 4.69) is 11.7 Å². The van der Waals surface area contributed by atoms with Crippen molar-refractivity contribution in [3.63, 3.8) is 0 Å². The van der Waals surface area contributed by atoms with Gasteiger partial charge in [0.15, 0.2) is 0 Å². The Labute approximate surface area is 167 Å². The first-order valence-corrected chi connectivity index (χ1v) is 9.50. The van der Waals surface area contributed by atoms with Crippen molar-refractivity contribution in [2.45, 2.75) is 25.3 Å². The smallest absolute Gasteiger partial charge is 0.329 e. The molecule has 150 valence electrons. The van der Waals surface area contributed by atoms with Crippen molar-refractivity contribution in [3.8, 4) is 0 Å². The van der Waals surface area contributed by atoms with Crippen LogP contribution in [0.25, 0.3) is 0 Å². The van der Waals surface area contributed by atoms with Gasteiger partial charge in [-0.1, -0.05) is 17.3 Å². The van der Waals surface area contributed by atoms with E-state index in [4.69, 9.17) is 9.26 Å². The molecule has 0 radical (unpaired) electrons. The lowest BCUT2D eigenvalue weighted by atomic mass is 9.79. The van der Waals surface area contributed by atoms with Crippen molar-refractivity contribution in [2.24, 2.45) is 0 Å². The Morgan fingerprint density at radius 1 is 1.38 bits per heavy atom. The molecule has 0 fully saturated rings. The van der Waals surface area contributed by atoms with Crippen LogP contribution in [0.4, 0.5) is 5.69 Å². The predicted molar refractivity (Wildman–Crippen MR) is 104 cm³/mol. The first-order chi connectivity index (χ1) is 14.1. The van der Waals surface area contributed by atoms with Gasteiger partial charge in [0.05, 0.1) is 12.8 Å². The summed E-state index contributed by atoms with van der Waals surface area (Å²) in [5, 5.41) is 3.59. The molecule has 29 heavy (non-hydrogen) atoms. The molecule has 0 spiro atoms. The molecule has 0 unspecified atom stereocenters. The fourth-order valence-electron chi connectivity index (χ4n) is 4.17. The fraction of sp³-hybridized carbons (Fsp3) is 0.333. The largest absolute Gasteiger partial charge is 0.464 e. The molecule has 2 aliphatic heterocycles. The number of benzene rings is 1. The summed E-state index contributed by atoms with van der Waals surface area (Å²) in [6.07, 6.45) is 3.40. The molecule has 0 aliphatic carbocycles. The van der Waals surface area contributed by atoms with E-state index in [1.54, 1.807) is 36.1 Å². The molecule has 2 aliphatic rings. The predicted octanol–water partition coefficient (Wildman–Crippen LogP) is 2.38. The maximum absolute atomic E-state index is 13.2. The second-order valence-corrected chi connectivity index (χ2v) is 6.99. The third-order valence-corrected chi connectivity index (χ3v) is 5.30. The Bertz CT molecular complexity index is 969. The molecule has 8 heteroatoms. The minimum absolute atomic E-state index is 0.0192.